The fourth-order valence-corrected chi connectivity index (χ4v) is 3.01. The van der Waals surface area contributed by atoms with Crippen LogP contribution in [0.4, 0.5) is 0 Å². The second kappa shape index (κ2) is 8.28. The molecule has 26 heavy (non-hydrogen) atoms. The Morgan fingerprint density at radius 2 is 1.08 bits per heavy atom. The zero-order valence-corrected chi connectivity index (χ0v) is 17.9. The van der Waals surface area contributed by atoms with Gasteiger partial charge in [-0.25, -0.2) is 9.59 Å². The molecule has 0 bridgehead atoms. The molecule has 0 amide bonds. The van der Waals surface area contributed by atoms with Gasteiger partial charge in [-0.1, -0.05) is 26.7 Å². The highest BCUT2D eigenvalue weighted by molar-refractivity contribution is 5.97. The second-order valence-electron chi connectivity index (χ2n) is 8.72. The molecule has 0 aliphatic carbocycles. The molecule has 1 aromatic rings. The SMILES string of the molecule is CCCc1c(CCC)c(C(=O)OC(C)(C)C)n(C)c1C(=O)OC(C)(C)C. The molecule has 1 aromatic heterocycles. The van der Waals surface area contributed by atoms with Gasteiger partial charge in [0.2, 0.25) is 0 Å². The molecular weight excluding hydrogens is 330 g/mol. The normalized spacial score (nSPS) is 12.2. The third-order valence-corrected chi connectivity index (χ3v) is 3.79. The van der Waals surface area contributed by atoms with Crippen molar-refractivity contribution in [3.05, 3.63) is 22.5 Å². The quantitative estimate of drug-likeness (QED) is 0.677. The summed E-state index contributed by atoms with van der Waals surface area (Å²) >= 11 is 0. The molecule has 0 unspecified atom stereocenters. The van der Waals surface area contributed by atoms with E-state index in [4.69, 9.17) is 9.47 Å². The topological polar surface area (TPSA) is 57.5 Å². The van der Waals surface area contributed by atoms with Crippen LogP contribution >= 0.6 is 0 Å². The van der Waals surface area contributed by atoms with Gasteiger partial charge in [0.05, 0.1) is 0 Å². The van der Waals surface area contributed by atoms with Crippen molar-refractivity contribution >= 4 is 11.9 Å². The van der Waals surface area contributed by atoms with E-state index in [2.05, 4.69) is 13.8 Å². The van der Waals surface area contributed by atoms with Crippen LogP contribution in [0, 0.1) is 0 Å². The summed E-state index contributed by atoms with van der Waals surface area (Å²) in [6, 6.07) is 0. The highest BCUT2D eigenvalue weighted by Gasteiger charge is 2.32. The molecule has 0 N–H and O–H groups in total. The standard InChI is InChI=1S/C21H35NO4/c1-10-12-14-15(13-11-2)17(19(24)26-21(6,7)8)22(9)16(14)18(23)25-20(3,4)5/h10-13H2,1-9H3. The average molecular weight is 366 g/mol. The molecule has 5 heteroatoms. The van der Waals surface area contributed by atoms with Gasteiger partial charge in [0.15, 0.2) is 0 Å². The molecule has 0 fully saturated rings. The van der Waals surface area contributed by atoms with Crippen molar-refractivity contribution in [3.63, 3.8) is 0 Å². The molecule has 0 aromatic carbocycles. The van der Waals surface area contributed by atoms with E-state index in [9.17, 15) is 9.59 Å². The average Bonchev–Trinajstić information content (AvgIpc) is 2.68. The smallest absolute Gasteiger partial charge is 0.355 e. The number of esters is 2. The molecule has 0 radical (unpaired) electrons. The Labute approximate surface area is 158 Å². The van der Waals surface area contributed by atoms with Crippen LogP contribution in [0.3, 0.4) is 0 Å². The Morgan fingerprint density at radius 1 is 0.769 bits per heavy atom. The van der Waals surface area contributed by atoms with Gasteiger partial charge in [0.25, 0.3) is 0 Å². The molecule has 1 heterocycles. The number of rotatable bonds is 6. The van der Waals surface area contributed by atoms with Crippen LogP contribution in [0.15, 0.2) is 0 Å². The number of carbonyl (C=O) groups excluding carboxylic acids is 2. The highest BCUT2D eigenvalue weighted by atomic mass is 16.6. The molecule has 0 aliphatic rings. The maximum Gasteiger partial charge on any atom is 0.355 e. The summed E-state index contributed by atoms with van der Waals surface area (Å²) < 4.78 is 12.9. The summed E-state index contributed by atoms with van der Waals surface area (Å²) in [7, 11) is 1.75. The van der Waals surface area contributed by atoms with Crippen LogP contribution in [-0.2, 0) is 29.4 Å². The summed E-state index contributed by atoms with van der Waals surface area (Å²) in [6.45, 7) is 15.2. The molecule has 148 valence electrons. The minimum atomic E-state index is -0.595. The zero-order valence-electron chi connectivity index (χ0n) is 17.9. The number of carbonyl (C=O) groups is 2. The highest BCUT2D eigenvalue weighted by Crippen LogP contribution is 2.29. The van der Waals surface area contributed by atoms with Crippen molar-refractivity contribution in [1.29, 1.82) is 0 Å². The van der Waals surface area contributed by atoms with Crippen molar-refractivity contribution in [2.24, 2.45) is 7.05 Å². The van der Waals surface area contributed by atoms with Crippen LogP contribution in [0.1, 0.15) is 100 Å². The van der Waals surface area contributed by atoms with Gasteiger partial charge < -0.3 is 14.0 Å². The molecule has 0 atom stereocenters. The van der Waals surface area contributed by atoms with Crippen LogP contribution in [0.5, 0.6) is 0 Å². The Kier molecular flexibility index (Phi) is 7.09. The predicted octanol–water partition coefficient (Wildman–Crippen LogP) is 4.84. The maximum absolute atomic E-state index is 12.9. The molecule has 5 nitrogen and oxygen atoms in total. The Bertz CT molecular complexity index is 602. The fourth-order valence-electron chi connectivity index (χ4n) is 3.01. The number of hydrogen-bond acceptors (Lipinski definition) is 4. The van der Waals surface area contributed by atoms with Crippen molar-refractivity contribution in [1.82, 2.24) is 4.57 Å². The van der Waals surface area contributed by atoms with Gasteiger partial charge in [-0.05, 0) is 65.5 Å². The fraction of sp³-hybridized carbons (Fsp3) is 0.714. The minimum Gasteiger partial charge on any atom is -0.455 e. The molecular formula is C21H35NO4. The van der Waals surface area contributed by atoms with Crippen molar-refractivity contribution in [2.45, 2.75) is 92.3 Å². The van der Waals surface area contributed by atoms with Gasteiger partial charge in [0, 0.05) is 7.05 Å². The first-order valence-electron chi connectivity index (χ1n) is 9.49. The van der Waals surface area contributed by atoms with Crippen molar-refractivity contribution < 1.29 is 19.1 Å². The van der Waals surface area contributed by atoms with E-state index in [0.717, 1.165) is 36.8 Å². The summed E-state index contributed by atoms with van der Waals surface area (Å²) in [4.78, 5) is 25.7. The number of aromatic nitrogens is 1. The zero-order chi connectivity index (χ0) is 20.3. The molecule has 0 saturated carbocycles. The summed E-state index contributed by atoms with van der Waals surface area (Å²) in [6.07, 6.45) is 3.20. The summed E-state index contributed by atoms with van der Waals surface area (Å²) in [5.74, 6) is -0.786. The number of nitrogens with zero attached hydrogens (tertiary/aromatic N) is 1. The minimum absolute atomic E-state index is 0.393. The monoisotopic (exact) mass is 365 g/mol. The van der Waals surface area contributed by atoms with E-state index in [-0.39, 0.29) is 0 Å². The first-order chi connectivity index (χ1) is 11.8. The van der Waals surface area contributed by atoms with E-state index in [1.54, 1.807) is 11.6 Å². The van der Waals surface area contributed by atoms with E-state index < -0.39 is 23.1 Å². The molecule has 0 spiro atoms. The van der Waals surface area contributed by atoms with Crippen LogP contribution < -0.4 is 0 Å². The lowest BCUT2D eigenvalue weighted by atomic mass is 9.99. The third kappa shape index (κ3) is 5.61. The summed E-state index contributed by atoms with van der Waals surface area (Å²) in [5.41, 5.74) is 1.56. The van der Waals surface area contributed by atoms with Crippen LogP contribution in [-0.4, -0.2) is 27.7 Å². The van der Waals surface area contributed by atoms with Gasteiger partial charge in [-0.3, -0.25) is 0 Å². The van der Waals surface area contributed by atoms with Crippen molar-refractivity contribution in [3.8, 4) is 0 Å². The van der Waals surface area contributed by atoms with Crippen LogP contribution in [0.25, 0.3) is 0 Å². The lowest BCUT2D eigenvalue weighted by Gasteiger charge is -2.21. The molecule has 1 rings (SSSR count). The first-order valence-corrected chi connectivity index (χ1v) is 9.49. The molecule has 0 aliphatic heterocycles. The van der Waals surface area contributed by atoms with Crippen LogP contribution in [0.2, 0.25) is 0 Å². The number of ether oxygens (including phenoxy) is 2. The maximum atomic E-state index is 12.9. The lowest BCUT2D eigenvalue weighted by molar-refractivity contribution is 0.00524. The van der Waals surface area contributed by atoms with Gasteiger partial charge in [0.1, 0.15) is 22.6 Å². The van der Waals surface area contributed by atoms with E-state index in [0.29, 0.717) is 11.4 Å². The largest absolute Gasteiger partial charge is 0.455 e. The van der Waals surface area contributed by atoms with Crippen molar-refractivity contribution in [2.75, 3.05) is 0 Å². The number of hydrogen-bond donors (Lipinski definition) is 0. The lowest BCUT2D eigenvalue weighted by Crippen LogP contribution is -2.27. The molecule has 0 saturated heterocycles. The Hall–Kier alpha value is -1.78. The van der Waals surface area contributed by atoms with Gasteiger partial charge in [-0.2, -0.15) is 0 Å². The first kappa shape index (κ1) is 22.3. The van der Waals surface area contributed by atoms with E-state index in [1.165, 1.54) is 0 Å². The van der Waals surface area contributed by atoms with Gasteiger partial charge in [-0.15, -0.1) is 0 Å². The third-order valence-electron chi connectivity index (χ3n) is 3.79. The Morgan fingerprint density at radius 3 is 1.31 bits per heavy atom. The summed E-state index contributed by atoms with van der Waals surface area (Å²) in [5, 5.41) is 0. The predicted molar refractivity (Wildman–Crippen MR) is 104 cm³/mol. The van der Waals surface area contributed by atoms with E-state index >= 15 is 0 Å². The van der Waals surface area contributed by atoms with Gasteiger partial charge >= 0.3 is 11.9 Å². The Balaban J connectivity index is 3.57. The second-order valence-corrected chi connectivity index (χ2v) is 8.72. The van der Waals surface area contributed by atoms with E-state index in [1.807, 2.05) is 41.5 Å².